The highest BCUT2D eigenvalue weighted by molar-refractivity contribution is 7.87. The van der Waals surface area contributed by atoms with E-state index in [9.17, 15) is 13.2 Å². The zero-order chi connectivity index (χ0) is 19.4. The van der Waals surface area contributed by atoms with Crippen LogP contribution in [0.2, 0.25) is 0 Å². The van der Waals surface area contributed by atoms with E-state index < -0.39 is 16.1 Å². The van der Waals surface area contributed by atoms with Crippen LogP contribution in [0.3, 0.4) is 0 Å². The first kappa shape index (κ1) is 18.3. The lowest BCUT2D eigenvalue weighted by Gasteiger charge is -2.09. The monoisotopic (exact) mass is 384 g/mol. The molecule has 0 aliphatic carbocycles. The Labute approximate surface area is 156 Å². The van der Waals surface area contributed by atoms with Gasteiger partial charge in [-0.05, 0) is 66.7 Å². The fourth-order valence-electron chi connectivity index (χ4n) is 2.18. The van der Waals surface area contributed by atoms with Gasteiger partial charge in [-0.3, -0.25) is 0 Å². The molecule has 0 saturated carbocycles. The minimum atomic E-state index is -4.13. The molecule has 0 bridgehead atoms. The van der Waals surface area contributed by atoms with Gasteiger partial charge >= 0.3 is 16.1 Å². The molecule has 4 N–H and O–H groups in total. The average Bonchev–Trinajstić information content (AvgIpc) is 2.65. The molecular weight excluding hydrogens is 368 g/mol. The zero-order valence-electron chi connectivity index (χ0n) is 14.0. The van der Waals surface area contributed by atoms with Gasteiger partial charge in [-0.15, -0.1) is 0 Å². The van der Waals surface area contributed by atoms with Crippen molar-refractivity contribution in [2.75, 3.05) is 11.5 Å². The Morgan fingerprint density at radius 1 is 0.778 bits per heavy atom. The number of ether oxygens (including phenoxy) is 1. The van der Waals surface area contributed by atoms with Crippen molar-refractivity contribution in [3.05, 3.63) is 78.4 Å². The van der Waals surface area contributed by atoms with Crippen molar-refractivity contribution in [1.82, 2.24) is 0 Å². The zero-order valence-corrected chi connectivity index (χ0v) is 14.8. The van der Waals surface area contributed by atoms with Gasteiger partial charge < -0.3 is 20.4 Å². The molecule has 8 heteroatoms. The van der Waals surface area contributed by atoms with Crippen molar-refractivity contribution < 1.29 is 22.1 Å². The maximum Gasteiger partial charge on any atom is 0.343 e. The van der Waals surface area contributed by atoms with E-state index in [1.165, 1.54) is 60.7 Å². The Bertz CT molecular complexity index is 1060. The van der Waals surface area contributed by atoms with Crippen LogP contribution in [0, 0.1) is 0 Å². The minimum absolute atomic E-state index is 0.0637. The molecule has 0 amide bonds. The summed E-state index contributed by atoms with van der Waals surface area (Å²) >= 11 is 0. The molecule has 3 aromatic rings. The quantitative estimate of drug-likeness (QED) is 0.300. The molecule has 0 radical (unpaired) electrons. The molecule has 0 aliphatic heterocycles. The van der Waals surface area contributed by atoms with Crippen LogP contribution < -0.4 is 20.4 Å². The van der Waals surface area contributed by atoms with Gasteiger partial charge in [0.05, 0.1) is 5.56 Å². The van der Waals surface area contributed by atoms with Crippen LogP contribution in [-0.4, -0.2) is 14.4 Å². The van der Waals surface area contributed by atoms with Gasteiger partial charge in [-0.2, -0.15) is 8.42 Å². The van der Waals surface area contributed by atoms with Crippen LogP contribution in [0.4, 0.5) is 11.4 Å². The lowest BCUT2D eigenvalue weighted by Crippen LogP contribution is -2.13. The summed E-state index contributed by atoms with van der Waals surface area (Å²) in [4.78, 5) is 12.1. The highest BCUT2D eigenvalue weighted by atomic mass is 32.2. The number of esters is 1. The van der Waals surface area contributed by atoms with E-state index in [2.05, 4.69) is 0 Å². The highest BCUT2D eigenvalue weighted by Gasteiger charge is 2.19. The molecule has 0 aromatic heterocycles. The Morgan fingerprint density at radius 2 is 1.33 bits per heavy atom. The third kappa shape index (κ3) is 4.56. The topological polar surface area (TPSA) is 122 Å². The van der Waals surface area contributed by atoms with Crippen LogP contribution in [0.1, 0.15) is 10.4 Å². The summed E-state index contributed by atoms with van der Waals surface area (Å²) in [5.41, 5.74) is 12.2. The number of nitrogen functional groups attached to an aromatic ring is 2. The fraction of sp³-hybridized carbons (Fsp3) is 0. The first-order valence-electron chi connectivity index (χ1n) is 7.81. The smallest absolute Gasteiger partial charge is 0.343 e. The Morgan fingerprint density at radius 3 is 1.93 bits per heavy atom. The molecule has 138 valence electrons. The summed E-state index contributed by atoms with van der Waals surface area (Å²) in [5, 5.41) is 0. The van der Waals surface area contributed by atoms with E-state index in [0.29, 0.717) is 17.1 Å². The maximum absolute atomic E-state index is 12.4. The predicted molar refractivity (Wildman–Crippen MR) is 101 cm³/mol. The fourth-order valence-corrected chi connectivity index (χ4v) is 3.16. The minimum Gasteiger partial charge on any atom is -0.423 e. The largest absolute Gasteiger partial charge is 0.423 e. The Hall–Kier alpha value is -3.52. The lowest BCUT2D eigenvalue weighted by atomic mass is 10.2. The Kier molecular flexibility index (Phi) is 5.00. The van der Waals surface area contributed by atoms with Crippen LogP contribution in [0.15, 0.2) is 77.7 Å². The summed E-state index contributed by atoms with van der Waals surface area (Å²) in [6, 6.07) is 17.6. The van der Waals surface area contributed by atoms with Crippen molar-refractivity contribution in [2.24, 2.45) is 0 Å². The number of anilines is 2. The summed E-state index contributed by atoms with van der Waals surface area (Å²) in [6.07, 6.45) is 0. The van der Waals surface area contributed by atoms with Crippen LogP contribution in [0.5, 0.6) is 11.5 Å². The van der Waals surface area contributed by atoms with Crippen molar-refractivity contribution in [3.63, 3.8) is 0 Å². The second-order valence-corrected chi connectivity index (χ2v) is 7.14. The van der Waals surface area contributed by atoms with Gasteiger partial charge in [0.2, 0.25) is 0 Å². The number of carbonyl (C=O) groups is 1. The van der Waals surface area contributed by atoms with Crippen molar-refractivity contribution >= 4 is 27.5 Å². The molecule has 0 spiro atoms. The van der Waals surface area contributed by atoms with Gasteiger partial charge in [0.25, 0.3) is 0 Å². The van der Waals surface area contributed by atoms with Gasteiger partial charge in [0.1, 0.15) is 16.4 Å². The van der Waals surface area contributed by atoms with Crippen LogP contribution in [-0.2, 0) is 10.1 Å². The number of hydrogen-bond acceptors (Lipinski definition) is 7. The molecular formula is C19H16N2O5S. The van der Waals surface area contributed by atoms with E-state index in [4.69, 9.17) is 20.4 Å². The second-order valence-electron chi connectivity index (χ2n) is 5.59. The summed E-state index contributed by atoms with van der Waals surface area (Å²) in [5.74, 6) is -0.302. The molecule has 7 nitrogen and oxygen atoms in total. The first-order chi connectivity index (χ1) is 12.8. The molecule has 0 saturated heterocycles. The summed E-state index contributed by atoms with van der Waals surface area (Å²) < 4.78 is 35.1. The summed E-state index contributed by atoms with van der Waals surface area (Å²) in [6.45, 7) is 0. The normalized spacial score (nSPS) is 11.0. The standard InChI is InChI=1S/C19H16N2O5S/c20-14-4-8-16(9-5-14)25-19(22)13-2-1-3-18(12-13)27(23,24)26-17-10-6-15(21)7-11-17/h1-12H,20-21H2. The molecule has 0 atom stereocenters. The SMILES string of the molecule is Nc1ccc(OC(=O)c2cccc(S(=O)(=O)Oc3ccc(N)cc3)c2)cc1. The van der Waals surface area contributed by atoms with Gasteiger partial charge in [0, 0.05) is 11.4 Å². The van der Waals surface area contributed by atoms with E-state index in [0.717, 1.165) is 0 Å². The highest BCUT2D eigenvalue weighted by Crippen LogP contribution is 2.21. The number of carbonyl (C=O) groups excluding carboxylic acids is 1. The third-order valence-electron chi connectivity index (χ3n) is 3.54. The molecule has 0 fully saturated rings. The second kappa shape index (κ2) is 7.38. The predicted octanol–water partition coefficient (Wildman–Crippen LogP) is 2.84. The molecule has 0 aliphatic rings. The van der Waals surface area contributed by atoms with E-state index in [-0.39, 0.29) is 16.2 Å². The lowest BCUT2D eigenvalue weighted by molar-refractivity contribution is 0.0734. The van der Waals surface area contributed by atoms with Crippen LogP contribution in [0.25, 0.3) is 0 Å². The molecule has 27 heavy (non-hydrogen) atoms. The third-order valence-corrected chi connectivity index (χ3v) is 4.78. The van der Waals surface area contributed by atoms with E-state index >= 15 is 0 Å². The van der Waals surface area contributed by atoms with E-state index in [1.807, 2.05) is 0 Å². The van der Waals surface area contributed by atoms with Crippen molar-refractivity contribution in [3.8, 4) is 11.5 Å². The van der Waals surface area contributed by atoms with Crippen LogP contribution >= 0.6 is 0 Å². The number of rotatable bonds is 5. The van der Waals surface area contributed by atoms with Gasteiger partial charge in [-0.25, -0.2) is 4.79 Å². The number of nitrogens with two attached hydrogens (primary N) is 2. The number of benzene rings is 3. The summed E-state index contributed by atoms with van der Waals surface area (Å²) in [7, 11) is -4.13. The molecule has 3 rings (SSSR count). The maximum atomic E-state index is 12.4. The molecule has 0 heterocycles. The van der Waals surface area contributed by atoms with Gasteiger partial charge in [-0.1, -0.05) is 6.07 Å². The molecule has 0 unspecified atom stereocenters. The Balaban J connectivity index is 1.80. The molecule has 3 aromatic carbocycles. The van der Waals surface area contributed by atoms with Gasteiger partial charge in [0.15, 0.2) is 0 Å². The van der Waals surface area contributed by atoms with E-state index in [1.54, 1.807) is 12.1 Å². The van der Waals surface area contributed by atoms with Crippen molar-refractivity contribution in [1.29, 1.82) is 0 Å². The first-order valence-corrected chi connectivity index (χ1v) is 9.22. The van der Waals surface area contributed by atoms with Crippen molar-refractivity contribution in [2.45, 2.75) is 4.90 Å². The average molecular weight is 384 g/mol. The number of hydrogen-bond donors (Lipinski definition) is 2.